The van der Waals surface area contributed by atoms with Gasteiger partial charge in [-0.15, -0.1) is 0 Å². The third-order valence-electron chi connectivity index (χ3n) is 6.52. The normalized spacial score (nSPS) is 15.9. The summed E-state index contributed by atoms with van der Waals surface area (Å²) in [4.78, 5) is 26.3. The molecule has 2 unspecified atom stereocenters. The van der Waals surface area contributed by atoms with E-state index in [-0.39, 0.29) is 23.8 Å². The first kappa shape index (κ1) is 24.5. The Morgan fingerprint density at radius 2 is 1.89 bits per heavy atom. The van der Waals surface area contributed by atoms with Crippen LogP contribution in [0.1, 0.15) is 66.7 Å². The molecule has 0 bridgehead atoms. The number of hydrogen-bond acceptors (Lipinski definition) is 4. The number of carbonyl (C=O) groups is 2. The van der Waals surface area contributed by atoms with Crippen LogP contribution in [-0.4, -0.2) is 34.2 Å². The van der Waals surface area contributed by atoms with Crippen molar-refractivity contribution in [1.82, 2.24) is 15.1 Å². The van der Waals surface area contributed by atoms with E-state index in [4.69, 9.17) is 4.74 Å². The second kappa shape index (κ2) is 10.8. The monoisotopic (exact) mass is 474 g/mol. The number of nitrogens with one attached hydrogen (secondary N) is 2. The maximum absolute atomic E-state index is 13.4. The lowest BCUT2D eigenvalue weighted by Crippen LogP contribution is -2.47. The molecule has 2 N–H and O–H groups in total. The molecule has 2 aromatic carbocycles. The molecule has 0 aliphatic heterocycles. The van der Waals surface area contributed by atoms with Crippen molar-refractivity contribution in [1.29, 1.82) is 0 Å². The van der Waals surface area contributed by atoms with E-state index in [9.17, 15) is 9.59 Å². The zero-order chi connectivity index (χ0) is 24.9. The Morgan fingerprint density at radius 1 is 1.14 bits per heavy atom. The topological polar surface area (TPSA) is 85.2 Å². The van der Waals surface area contributed by atoms with Crippen LogP contribution >= 0.6 is 0 Å². The van der Waals surface area contributed by atoms with Gasteiger partial charge in [0, 0.05) is 11.1 Å². The summed E-state index contributed by atoms with van der Waals surface area (Å²) < 4.78 is 7.37. The van der Waals surface area contributed by atoms with E-state index >= 15 is 0 Å². The Labute approximate surface area is 206 Å². The van der Waals surface area contributed by atoms with E-state index in [0.717, 1.165) is 24.8 Å². The van der Waals surface area contributed by atoms with Crippen LogP contribution in [-0.2, 0) is 11.2 Å². The number of aryl methyl sites for hydroxylation is 2. The number of anilines is 1. The minimum absolute atomic E-state index is 0.0693. The fourth-order valence-corrected chi connectivity index (χ4v) is 4.65. The molecular weight excluding hydrogens is 440 g/mol. The van der Waals surface area contributed by atoms with Crippen LogP contribution in [0.2, 0.25) is 0 Å². The molecule has 1 aliphatic carbocycles. The highest BCUT2D eigenvalue weighted by Crippen LogP contribution is 2.35. The van der Waals surface area contributed by atoms with Crippen LogP contribution in [0.25, 0.3) is 0 Å². The molecule has 2 atom stereocenters. The van der Waals surface area contributed by atoms with Crippen molar-refractivity contribution in [2.24, 2.45) is 5.92 Å². The Bertz CT molecular complexity index is 1180. The lowest BCUT2D eigenvalue weighted by Gasteiger charge is -2.28. The van der Waals surface area contributed by atoms with E-state index in [2.05, 4.69) is 40.0 Å². The summed E-state index contributed by atoms with van der Waals surface area (Å²) in [7, 11) is 0. The van der Waals surface area contributed by atoms with E-state index in [1.165, 1.54) is 11.1 Å². The number of hydrogen-bond donors (Lipinski definition) is 2. The van der Waals surface area contributed by atoms with Gasteiger partial charge in [-0.1, -0.05) is 38.1 Å². The number of carbonyl (C=O) groups excluding carboxylic acids is 2. The summed E-state index contributed by atoms with van der Waals surface area (Å²) in [6.45, 7) is 8.25. The Kier molecular flexibility index (Phi) is 7.54. The van der Waals surface area contributed by atoms with Crippen LogP contribution < -0.4 is 15.4 Å². The van der Waals surface area contributed by atoms with Crippen molar-refractivity contribution in [3.8, 4) is 5.75 Å². The van der Waals surface area contributed by atoms with Gasteiger partial charge >= 0.3 is 0 Å². The average Bonchev–Trinajstić information content (AvgIpc) is 3.22. The maximum atomic E-state index is 13.4. The van der Waals surface area contributed by atoms with Crippen molar-refractivity contribution in [3.05, 3.63) is 77.0 Å². The van der Waals surface area contributed by atoms with Crippen molar-refractivity contribution in [3.63, 3.8) is 0 Å². The summed E-state index contributed by atoms with van der Waals surface area (Å²) >= 11 is 0. The first-order valence-electron chi connectivity index (χ1n) is 12.4. The van der Waals surface area contributed by atoms with E-state index in [0.29, 0.717) is 23.7 Å². The van der Waals surface area contributed by atoms with Gasteiger partial charge in [-0.2, -0.15) is 5.10 Å². The minimum Gasteiger partial charge on any atom is -0.494 e. The molecular formula is C28H34N4O3. The fourth-order valence-electron chi connectivity index (χ4n) is 4.65. The van der Waals surface area contributed by atoms with Gasteiger partial charge in [0.25, 0.3) is 5.91 Å². The van der Waals surface area contributed by atoms with E-state index < -0.39 is 6.04 Å². The van der Waals surface area contributed by atoms with Gasteiger partial charge in [-0.05, 0) is 74.4 Å². The van der Waals surface area contributed by atoms with Gasteiger partial charge in [0.1, 0.15) is 17.6 Å². The summed E-state index contributed by atoms with van der Waals surface area (Å²) in [5.74, 6) is 0.725. The number of amides is 2. The van der Waals surface area contributed by atoms with Gasteiger partial charge in [0.15, 0.2) is 0 Å². The summed E-state index contributed by atoms with van der Waals surface area (Å²) in [5, 5.41) is 10.6. The molecule has 2 amide bonds. The number of rotatable bonds is 8. The van der Waals surface area contributed by atoms with Gasteiger partial charge in [0.05, 0.1) is 18.8 Å². The maximum Gasteiger partial charge on any atom is 0.251 e. The number of benzene rings is 2. The molecule has 184 valence electrons. The quantitative estimate of drug-likeness (QED) is 0.486. The molecule has 0 saturated carbocycles. The molecule has 7 heteroatoms. The molecule has 0 fully saturated rings. The van der Waals surface area contributed by atoms with Gasteiger partial charge in [-0.25, -0.2) is 4.68 Å². The van der Waals surface area contributed by atoms with Gasteiger partial charge in [-0.3, -0.25) is 9.59 Å². The van der Waals surface area contributed by atoms with Crippen molar-refractivity contribution >= 4 is 17.6 Å². The first-order valence-corrected chi connectivity index (χ1v) is 12.4. The predicted octanol–water partition coefficient (Wildman–Crippen LogP) is 4.91. The van der Waals surface area contributed by atoms with Crippen molar-refractivity contribution < 1.29 is 14.3 Å². The lowest BCUT2D eigenvalue weighted by atomic mass is 9.88. The van der Waals surface area contributed by atoms with Crippen LogP contribution in [0.5, 0.6) is 5.75 Å². The van der Waals surface area contributed by atoms with Crippen LogP contribution in [0.4, 0.5) is 5.82 Å². The summed E-state index contributed by atoms with van der Waals surface area (Å²) in [5.41, 5.74) is 3.95. The van der Waals surface area contributed by atoms with Gasteiger partial charge < -0.3 is 15.4 Å². The molecule has 1 aliphatic rings. The third kappa shape index (κ3) is 5.39. The standard InChI is InChI=1S/C28H34N4O3/c1-5-35-22-15-13-21(14-16-22)27(33)30-25(18(2)3)28(34)31-26-19(4)17-29-32(26)24-12-8-10-20-9-6-7-11-23(20)24/h6-7,9,11,13-18,24-25H,5,8,10,12H2,1-4H3,(H,30,33)(H,31,34). The summed E-state index contributed by atoms with van der Waals surface area (Å²) in [6.07, 6.45) is 4.88. The molecule has 3 aromatic rings. The molecule has 1 aromatic heterocycles. The summed E-state index contributed by atoms with van der Waals surface area (Å²) in [6, 6.07) is 14.7. The number of nitrogens with zero attached hydrogens (tertiary/aromatic N) is 2. The molecule has 0 spiro atoms. The van der Waals surface area contributed by atoms with Crippen molar-refractivity contribution in [2.75, 3.05) is 11.9 Å². The molecule has 4 rings (SSSR count). The van der Waals surface area contributed by atoms with E-state index in [1.807, 2.05) is 32.4 Å². The van der Waals surface area contributed by atoms with Gasteiger partial charge in [0.2, 0.25) is 5.91 Å². The predicted molar refractivity (Wildman–Crippen MR) is 137 cm³/mol. The Morgan fingerprint density at radius 3 is 2.60 bits per heavy atom. The largest absolute Gasteiger partial charge is 0.494 e. The second-order valence-corrected chi connectivity index (χ2v) is 9.37. The SMILES string of the molecule is CCOc1ccc(C(=O)NC(C(=O)Nc2c(C)cnn2C2CCCc3ccccc32)C(C)C)cc1. The minimum atomic E-state index is -0.699. The Balaban J connectivity index is 1.52. The van der Waals surface area contributed by atoms with Crippen molar-refractivity contribution in [2.45, 2.75) is 59.0 Å². The lowest BCUT2D eigenvalue weighted by molar-refractivity contribution is -0.118. The molecule has 1 heterocycles. The second-order valence-electron chi connectivity index (χ2n) is 9.37. The molecule has 0 radical (unpaired) electrons. The highest BCUT2D eigenvalue weighted by molar-refractivity contribution is 6.01. The highest BCUT2D eigenvalue weighted by atomic mass is 16.5. The number of ether oxygens (including phenoxy) is 1. The zero-order valence-corrected chi connectivity index (χ0v) is 20.9. The van der Waals surface area contributed by atoms with Crippen LogP contribution in [0.3, 0.4) is 0 Å². The van der Waals surface area contributed by atoms with Crippen LogP contribution in [0, 0.1) is 12.8 Å². The third-order valence-corrected chi connectivity index (χ3v) is 6.52. The average molecular weight is 475 g/mol. The number of fused-ring (bicyclic) bond motifs is 1. The number of aromatic nitrogens is 2. The first-order chi connectivity index (χ1) is 16.9. The molecule has 0 saturated heterocycles. The smallest absolute Gasteiger partial charge is 0.251 e. The highest BCUT2D eigenvalue weighted by Gasteiger charge is 2.29. The zero-order valence-electron chi connectivity index (χ0n) is 20.9. The Hall–Kier alpha value is -3.61. The van der Waals surface area contributed by atoms with Crippen LogP contribution in [0.15, 0.2) is 54.7 Å². The van der Waals surface area contributed by atoms with E-state index in [1.54, 1.807) is 30.5 Å². The fraction of sp³-hybridized carbons (Fsp3) is 0.393. The molecule has 7 nitrogen and oxygen atoms in total. The molecule has 35 heavy (non-hydrogen) atoms.